The second kappa shape index (κ2) is 10.8. The van der Waals surface area contributed by atoms with E-state index in [9.17, 15) is 0 Å². The Balaban J connectivity index is 1.37. The van der Waals surface area contributed by atoms with E-state index in [4.69, 9.17) is 10.2 Å². The van der Waals surface area contributed by atoms with Crippen molar-refractivity contribution in [2.24, 2.45) is 0 Å². The number of H-pyrrole nitrogens is 1. The van der Waals surface area contributed by atoms with Crippen LogP contribution in [-0.2, 0) is 25.8 Å². The van der Waals surface area contributed by atoms with Gasteiger partial charge in [-0.15, -0.1) is 21.5 Å². The molecule has 0 aliphatic carbocycles. The van der Waals surface area contributed by atoms with Crippen LogP contribution in [0.3, 0.4) is 0 Å². The molecule has 36 heavy (non-hydrogen) atoms. The van der Waals surface area contributed by atoms with Crippen molar-refractivity contribution in [2.75, 3.05) is 13.1 Å². The molecule has 1 aliphatic heterocycles. The second-order valence-electron chi connectivity index (χ2n) is 9.80. The molecule has 1 unspecified atom stereocenters. The number of aromatic amines is 1. The van der Waals surface area contributed by atoms with Gasteiger partial charge in [0.15, 0.2) is 5.82 Å². The van der Waals surface area contributed by atoms with E-state index in [1.54, 1.807) is 0 Å². The minimum absolute atomic E-state index is 0.211. The molecule has 3 aromatic heterocycles. The standard InChI is InChI=1S/C30H33N5S/c1-3-10-23(11-4-1)15-16-29-32-33-30(35(29)22-25-12-9-19-36-25)28(34-17-7-2-8-18-34)20-24-21-31-27-14-6-5-13-26(24)27/h1,3-6,9-14,19,21,28,31H,2,7-8,15-18,20,22H2. The summed E-state index contributed by atoms with van der Waals surface area (Å²) >= 11 is 1.81. The summed E-state index contributed by atoms with van der Waals surface area (Å²) in [5, 5.41) is 13.2. The molecule has 0 amide bonds. The number of fused-ring (bicyclic) bond motifs is 1. The van der Waals surface area contributed by atoms with Crippen LogP contribution in [-0.4, -0.2) is 37.7 Å². The second-order valence-corrected chi connectivity index (χ2v) is 10.8. The number of piperidine rings is 1. The lowest BCUT2D eigenvalue weighted by molar-refractivity contribution is 0.153. The van der Waals surface area contributed by atoms with Gasteiger partial charge in [0, 0.05) is 28.4 Å². The van der Waals surface area contributed by atoms with Crippen LogP contribution in [0.2, 0.25) is 0 Å². The molecule has 6 heteroatoms. The Morgan fingerprint density at radius 3 is 2.53 bits per heavy atom. The maximum Gasteiger partial charge on any atom is 0.151 e. The number of rotatable bonds is 9. The number of benzene rings is 2. The molecule has 5 aromatic rings. The highest BCUT2D eigenvalue weighted by Gasteiger charge is 2.29. The van der Waals surface area contributed by atoms with Crippen molar-refractivity contribution >= 4 is 22.2 Å². The minimum Gasteiger partial charge on any atom is -0.361 e. The maximum atomic E-state index is 4.91. The quantitative estimate of drug-likeness (QED) is 0.257. The highest BCUT2D eigenvalue weighted by atomic mass is 32.1. The summed E-state index contributed by atoms with van der Waals surface area (Å²) in [7, 11) is 0. The van der Waals surface area contributed by atoms with Crippen molar-refractivity contribution in [3.63, 3.8) is 0 Å². The van der Waals surface area contributed by atoms with Crippen molar-refractivity contribution in [3.8, 4) is 0 Å². The van der Waals surface area contributed by atoms with E-state index in [1.165, 1.54) is 46.2 Å². The van der Waals surface area contributed by atoms with Crippen molar-refractivity contribution in [1.29, 1.82) is 0 Å². The number of aromatic nitrogens is 4. The van der Waals surface area contributed by atoms with Crippen LogP contribution in [0.4, 0.5) is 0 Å². The van der Waals surface area contributed by atoms with Crippen LogP contribution in [0, 0.1) is 0 Å². The molecular formula is C30H33N5S. The Kier molecular flexibility index (Phi) is 6.96. The zero-order valence-electron chi connectivity index (χ0n) is 20.6. The molecule has 0 spiro atoms. The van der Waals surface area contributed by atoms with Crippen LogP contribution in [0.25, 0.3) is 10.9 Å². The summed E-state index contributed by atoms with van der Waals surface area (Å²) in [5.41, 5.74) is 3.90. The largest absolute Gasteiger partial charge is 0.361 e. The van der Waals surface area contributed by atoms with E-state index >= 15 is 0 Å². The number of nitrogens with zero attached hydrogens (tertiary/aromatic N) is 4. The summed E-state index contributed by atoms with van der Waals surface area (Å²) in [5.74, 6) is 2.20. The Labute approximate surface area is 216 Å². The molecular weight excluding hydrogens is 462 g/mol. The van der Waals surface area contributed by atoms with Gasteiger partial charge < -0.3 is 9.55 Å². The summed E-state index contributed by atoms with van der Waals surface area (Å²) in [6.45, 7) is 3.08. The first-order valence-corrected chi connectivity index (χ1v) is 14.0. The van der Waals surface area contributed by atoms with Gasteiger partial charge in [0.05, 0.1) is 12.6 Å². The Morgan fingerprint density at radius 2 is 1.69 bits per heavy atom. The third-order valence-electron chi connectivity index (χ3n) is 7.45. The first kappa shape index (κ1) is 23.2. The SMILES string of the molecule is c1ccc(CCc2nnc(C(Cc3c[nH]c4ccccc34)N3CCCCC3)n2Cc2cccs2)cc1. The van der Waals surface area contributed by atoms with Gasteiger partial charge >= 0.3 is 0 Å². The van der Waals surface area contributed by atoms with Crippen molar-refractivity contribution in [1.82, 2.24) is 24.6 Å². The lowest BCUT2D eigenvalue weighted by atomic mass is 10.00. The lowest BCUT2D eigenvalue weighted by Gasteiger charge is -2.34. The van der Waals surface area contributed by atoms with E-state index in [0.717, 1.165) is 50.5 Å². The lowest BCUT2D eigenvalue weighted by Crippen LogP contribution is -2.36. The van der Waals surface area contributed by atoms with Gasteiger partial charge in [0.1, 0.15) is 5.82 Å². The third-order valence-corrected chi connectivity index (χ3v) is 8.31. The molecule has 1 atom stereocenters. The van der Waals surface area contributed by atoms with Gasteiger partial charge in [-0.3, -0.25) is 4.90 Å². The topological polar surface area (TPSA) is 49.7 Å². The van der Waals surface area contributed by atoms with Gasteiger partial charge in [-0.05, 0) is 67.4 Å². The van der Waals surface area contributed by atoms with E-state index in [0.29, 0.717) is 0 Å². The normalized spacial score (nSPS) is 15.4. The number of para-hydroxylation sites is 1. The number of aryl methyl sites for hydroxylation is 2. The van der Waals surface area contributed by atoms with Crippen molar-refractivity contribution in [3.05, 3.63) is 106 Å². The van der Waals surface area contributed by atoms with Gasteiger partial charge in [-0.1, -0.05) is 61.0 Å². The predicted octanol–water partition coefficient (Wildman–Crippen LogP) is 6.42. The molecule has 0 saturated carbocycles. The summed E-state index contributed by atoms with van der Waals surface area (Å²) in [4.78, 5) is 7.49. The van der Waals surface area contributed by atoms with Crippen LogP contribution in [0.15, 0.2) is 78.3 Å². The highest BCUT2D eigenvalue weighted by molar-refractivity contribution is 7.09. The fourth-order valence-electron chi connectivity index (χ4n) is 5.53. The Hall–Kier alpha value is -3.22. The summed E-state index contributed by atoms with van der Waals surface area (Å²) in [6, 6.07) is 23.9. The van der Waals surface area contributed by atoms with Crippen molar-refractivity contribution < 1.29 is 0 Å². The molecule has 184 valence electrons. The molecule has 0 radical (unpaired) electrons. The third kappa shape index (κ3) is 5.01. The molecule has 5 nitrogen and oxygen atoms in total. The van der Waals surface area contributed by atoms with Crippen LogP contribution in [0.1, 0.15) is 53.0 Å². The Morgan fingerprint density at radius 1 is 0.861 bits per heavy atom. The molecule has 4 heterocycles. The van der Waals surface area contributed by atoms with Gasteiger partial charge in [-0.25, -0.2) is 0 Å². The molecule has 0 bridgehead atoms. The van der Waals surface area contributed by atoms with E-state index in [-0.39, 0.29) is 6.04 Å². The minimum atomic E-state index is 0.211. The average molecular weight is 496 g/mol. The molecule has 1 N–H and O–H groups in total. The molecule has 1 saturated heterocycles. The van der Waals surface area contributed by atoms with Crippen molar-refractivity contribution in [2.45, 2.75) is 51.1 Å². The molecule has 6 rings (SSSR count). The van der Waals surface area contributed by atoms with Crippen LogP contribution >= 0.6 is 11.3 Å². The highest BCUT2D eigenvalue weighted by Crippen LogP contribution is 2.31. The average Bonchev–Trinajstić information content (AvgIpc) is 3.69. The Bertz CT molecular complexity index is 1380. The first-order chi connectivity index (χ1) is 17.8. The summed E-state index contributed by atoms with van der Waals surface area (Å²) in [6.07, 6.45) is 8.82. The number of hydrogen-bond donors (Lipinski definition) is 1. The molecule has 1 fully saturated rings. The zero-order chi connectivity index (χ0) is 24.2. The smallest absolute Gasteiger partial charge is 0.151 e. The first-order valence-electron chi connectivity index (χ1n) is 13.1. The number of nitrogens with one attached hydrogen (secondary N) is 1. The van der Waals surface area contributed by atoms with Crippen LogP contribution < -0.4 is 0 Å². The number of thiophene rings is 1. The van der Waals surface area contributed by atoms with E-state index in [1.807, 2.05) is 11.3 Å². The predicted molar refractivity (Wildman–Crippen MR) is 147 cm³/mol. The molecule has 2 aromatic carbocycles. The fourth-order valence-corrected chi connectivity index (χ4v) is 6.23. The maximum absolute atomic E-state index is 4.91. The van der Waals surface area contributed by atoms with Gasteiger partial charge in [0.25, 0.3) is 0 Å². The zero-order valence-corrected chi connectivity index (χ0v) is 21.5. The van der Waals surface area contributed by atoms with Crippen LogP contribution in [0.5, 0.6) is 0 Å². The van der Waals surface area contributed by atoms with Gasteiger partial charge in [-0.2, -0.15) is 0 Å². The number of likely N-dealkylation sites (tertiary alicyclic amines) is 1. The summed E-state index contributed by atoms with van der Waals surface area (Å²) < 4.78 is 2.42. The fraction of sp³-hybridized carbons (Fsp3) is 0.333. The monoisotopic (exact) mass is 495 g/mol. The van der Waals surface area contributed by atoms with Gasteiger partial charge in [0.2, 0.25) is 0 Å². The van der Waals surface area contributed by atoms with E-state index < -0.39 is 0 Å². The molecule has 1 aliphatic rings. The van der Waals surface area contributed by atoms with E-state index in [2.05, 4.69) is 92.8 Å². The number of hydrogen-bond acceptors (Lipinski definition) is 4.